The lowest BCUT2D eigenvalue weighted by Crippen LogP contribution is -2.31. The van der Waals surface area contributed by atoms with Crippen LogP contribution in [0.4, 0.5) is 17.6 Å². The van der Waals surface area contributed by atoms with E-state index in [0.717, 1.165) is 4.31 Å². The normalized spacial score (nSPS) is 19.6. The van der Waals surface area contributed by atoms with E-state index in [2.05, 4.69) is 5.32 Å². The Morgan fingerprint density at radius 1 is 1.35 bits per heavy atom. The van der Waals surface area contributed by atoms with E-state index in [1.54, 1.807) is 7.05 Å². The van der Waals surface area contributed by atoms with E-state index in [1.807, 2.05) is 0 Å². The number of rotatable bonds is 4. The Morgan fingerprint density at radius 3 is 2.57 bits per heavy atom. The Balaban J connectivity index is 0.00000264. The Hall–Kier alpha value is -0.900. The molecule has 0 amide bonds. The Morgan fingerprint density at radius 2 is 2.00 bits per heavy atom. The number of benzene rings is 1. The highest BCUT2D eigenvalue weighted by atomic mass is 35.5. The molecule has 1 saturated heterocycles. The summed E-state index contributed by atoms with van der Waals surface area (Å²) in [5.74, 6) is -1.11. The molecule has 4 nitrogen and oxygen atoms in total. The minimum Gasteiger partial charge on any atom is -0.319 e. The van der Waals surface area contributed by atoms with Gasteiger partial charge in [0.15, 0.2) is 0 Å². The minimum absolute atomic E-state index is 0. The molecule has 10 heteroatoms. The molecule has 1 N–H and O–H groups in total. The van der Waals surface area contributed by atoms with Crippen molar-refractivity contribution in [3.05, 3.63) is 29.6 Å². The van der Waals surface area contributed by atoms with Gasteiger partial charge in [-0.1, -0.05) is 0 Å². The maximum atomic E-state index is 13.8. The van der Waals surface area contributed by atoms with E-state index < -0.39 is 32.5 Å². The van der Waals surface area contributed by atoms with Gasteiger partial charge in [0.1, 0.15) is 10.7 Å². The summed E-state index contributed by atoms with van der Waals surface area (Å²) in [5.41, 5.74) is -1.18. The summed E-state index contributed by atoms with van der Waals surface area (Å²) in [4.78, 5) is -0.924. The van der Waals surface area contributed by atoms with Crippen molar-refractivity contribution in [3.63, 3.8) is 0 Å². The molecule has 0 spiro atoms. The number of sulfonamides is 1. The molecule has 1 atom stereocenters. The molecular formula is C13H17ClF4N2O2S. The molecule has 0 bridgehead atoms. The summed E-state index contributed by atoms with van der Waals surface area (Å²) >= 11 is 0. The van der Waals surface area contributed by atoms with Gasteiger partial charge in [0.05, 0.1) is 5.56 Å². The number of halogens is 5. The van der Waals surface area contributed by atoms with Crippen molar-refractivity contribution in [2.45, 2.75) is 17.5 Å². The molecule has 1 aliphatic rings. The maximum absolute atomic E-state index is 13.8. The van der Waals surface area contributed by atoms with Crippen molar-refractivity contribution in [2.24, 2.45) is 5.92 Å². The summed E-state index contributed by atoms with van der Waals surface area (Å²) in [5, 5.41) is 2.92. The molecule has 1 aliphatic heterocycles. The molecule has 23 heavy (non-hydrogen) atoms. The van der Waals surface area contributed by atoms with Crippen molar-refractivity contribution < 1.29 is 26.0 Å². The van der Waals surface area contributed by atoms with Crippen LogP contribution in [0.3, 0.4) is 0 Å². The highest BCUT2D eigenvalue weighted by Crippen LogP contribution is 2.33. The number of nitrogens with one attached hydrogen (secondary N) is 1. The van der Waals surface area contributed by atoms with Crippen LogP contribution < -0.4 is 5.32 Å². The highest BCUT2D eigenvalue weighted by Gasteiger charge is 2.37. The number of hydrogen-bond donors (Lipinski definition) is 1. The smallest absolute Gasteiger partial charge is 0.319 e. The van der Waals surface area contributed by atoms with Gasteiger partial charge in [0.2, 0.25) is 10.0 Å². The van der Waals surface area contributed by atoms with Gasteiger partial charge in [-0.25, -0.2) is 12.8 Å². The topological polar surface area (TPSA) is 49.4 Å². The summed E-state index contributed by atoms with van der Waals surface area (Å²) in [6, 6.07) is 1.43. The third-order valence-electron chi connectivity index (χ3n) is 3.62. The largest absolute Gasteiger partial charge is 0.416 e. The molecule has 1 heterocycles. The van der Waals surface area contributed by atoms with Gasteiger partial charge in [-0.2, -0.15) is 17.5 Å². The van der Waals surface area contributed by atoms with E-state index in [-0.39, 0.29) is 31.4 Å². The van der Waals surface area contributed by atoms with Crippen molar-refractivity contribution in [2.75, 3.05) is 26.7 Å². The fraction of sp³-hybridized carbons (Fsp3) is 0.538. The van der Waals surface area contributed by atoms with Crippen LogP contribution in [0.25, 0.3) is 0 Å². The average Bonchev–Trinajstić information content (AvgIpc) is 2.87. The van der Waals surface area contributed by atoms with E-state index in [9.17, 15) is 26.0 Å². The second-order valence-corrected chi connectivity index (χ2v) is 7.12. The van der Waals surface area contributed by atoms with Gasteiger partial charge < -0.3 is 5.32 Å². The van der Waals surface area contributed by atoms with E-state index in [4.69, 9.17) is 0 Å². The van der Waals surface area contributed by atoms with Crippen LogP contribution in [0, 0.1) is 11.7 Å². The van der Waals surface area contributed by atoms with Crippen LogP contribution >= 0.6 is 12.4 Å². The second kappa shape index (κ2) is 7.33. The summed E-state index contributed by atoms with van der Waals surface area (Å²) in [6.45, 7) is 0.931. The van der Waals surface area contributed by atoms with Crippen LogP contribution in [0.5, 0.6) is 0 Å². The van der Waals surface area contributed by atoms with Gasteiger partial charge in [-0.15, -0.1) is 12.4 Å². The molecule has 0 aliphatic carbocycles. The van der Waals surface area contributed by atoms with Crippen molar-refractivity contribution in [3.8, 4) is 0 Å². The first-order valence-corrected chi connectivity index (χ1v) is 8.11. The first-order valence-electron chi connectivity index (χ1n) is 6.67. The fourth-order valence-electron chi connectivity index (χ4n) is 2.49. The SMILES string of the molecule is CNCC1CCN(S(=O)(=O)c2cc(C(F)(F)F)ccc2F)C1.Cl. The van der Waals surface area contributed by atoms with Crippen LogP contribution in [-0.2, 0) is 16.2 Å². The van der Waals surface area contributed by atoms with Gasteiger partial charge in [0.25, 0.3) is 0 Å². The van der Waals surface area contributed by atoms with Crippen molar-refractivity contribution in [1.29, 1.82) is 0 Å². The van der Waals surface area contributed by atoms with Crippen molar-refractivity contribution in [1.82, 2.24) is 9.62 Å². The number of alkyl halides is 3. The predicted octanol–water partition coefficient (Wildman–Crippen LogP) is 2.50. The van der Waals surface area contributed by atoms with Crippen LogP contribution in [0.1, 0.15) is 12.0 Å². The molecule has 1 unspecified atom stereocenters. The standard InChI is InChI=1S/C13H16F4N2O2S.ClH/c1-18-7-9-4-5-19(8-9)22(20,21)12-6-10(13(15,16)17)2-3-11(12)14;/h2-3,6,9,18H,4-5,7-8H2,1H3;1H. The van der Waals surface area contributed by atoms with E-state index in [0.29, 0.717) is 31.2 Å². The predicted molar refractivity (Wildman–Crippen MR) is 79.4 cm³/mol. The molecule has 1 aromatic rings. The summed E-state index contributed by atoms with van der Waals surface area (Å²) in [6.07, 6.45) is -4.14. The quantitative estimate of drug-likeness (QED) is 0.821. The zero-order chi connectivity index (χ0) is 16.5. The zero-order valence-corrected chi connectivity index (χ0v) is 13.9. The van der Waals surface area contributed by atoms with Crippen LogP contribution in [-0.4, -0.2) is 39.4 Å². The maximum Gasteiger partial charge on any atom is 0.416 e. The van der Waals surface area contributed by atoms with E-state index >= 15 is 0 Å². The third kappa shape index (κ3) is 4.34. The third-order valence-corrected chi connectivity index (χ3v) is 5.50. The lowest BCUT2D eigenvalue weighted by atomic mass is 10.1. The van der Waals surface area contributed by atoms with Gasteiger partial charge in [-0.05, 0) is 44.1 Å². The molecule has 0 saturated carbocycles. The number of hydrogen-bond acceptors (Lipinski definition) is 3. The van der Waals surface area contributed by atoms with Gasteiger partial charge in [-0.3, -0.25) is 0 Å². The highest BCUT2D eigenvalue weighted by molar-refractivity contribution is 7.89. The lowest BCUT2D eigenvalue weighted by molar-refractivity contribution is -0.137. The van der Waals surface area contributed by atoms with Crippen molar-refractivity contribution >= 4 is 22.4 Å². The first kappa shape index (κ1) is 20.1. The molecule has 132 valence electrons. The Bertz CT molecular complexity index is 652. The van der Waals surface area contributed by atoms with Crippen LogP contribution in [0.2, 0.25) is 0 Å². The lowest BCUT2D eigenvalue weighted by Gasteiger charge is -2.18. The van der Waals surface area contributed by atoms with Gasteiger partial charge in [0, 0.05) is 13.1 Å². The molecule has 1 fully saturated rings. The number of nitrogens with zero attached hydrogens (tertiary/aromatic N) is 1. The van der Waals surface area contributed by atoms with Crippen LogP contribution in [0.15, 0.2) is 23.1 Å². The minimum atomic E-state index is -4.72. The fourth-order valence-corrected chi connectivity index (χ4v) is 4.11. The molecule has 0 radical (unpaired) electrons. The van der Waals surface area contributed by atoms with Gasteiger partial charge >= 0.3 is 6.18 Å². The second-order valence-electron chi connectivity index (χ2n) is 5.22. The molecular weight excluding hydrogens is 360 g/mol. The average molecular weight is 377 g/mol. The molecule has 2 rings (SSSR count). The molecule has 0 aromatic heterocycles. The summed E-state index contributed by atoms with van der Waals surface area (Å²) in [7, 11) is -2.55. The first-order chi connectivity index (χ1) is 10.2. The monoisotopic (exact) mass is 376 g/mol. The van der Waals surface area contributed by atoms with E-state index in [1.165, 1.54) is 0 Å². The Kier molecular flexibility index (Phi) is 6.42. The summed E-state index contributed by atoms with van der Waals surface area (Å²) < 4.78 is 77.6. The molecule has 1 aromatic carbocycles. The zero-order valence-electron chi connectivity index (χ0n) is 12.2. The Labute approximate surface area is 138 Å².